The van der Waals surface area contributed by atoms with E-state index in [0.717, 1.165) is 0 Å². The number of rotatable bonds is 4. The summed E-state index contributed by atoms with van der Waals surface area (Å²) in [4.78, 5) is 39.1. The van der Waals surface area contributed by atoms with Crippen LogP contribution in [0.15, 0.2) is 0 Å². The molecule has 0 aliphatic rings. The normalized spacial score (nSPS) is 8.13. The van der Waals surface area contributed by atoms with Crippen molar-refractivity contribution in [2.75, 3.05) is 7.11 Å². The van der Waals surface area contributed by atoms with Crippen molar-refractivity contribution in [1.29, 1.82) is 0 Å². The predicted molar refractivity (Wildman–Crippen MR) is 47.2 cm³/mol. The number of methoxy groups -OCH3 is 1. The standard InChI is InChI=1S/C5H8O3.C3H4O4/c1-4(6)3-5(7)8-2;4-2(5)1-3(6)7/h3H2,1-2H3;1H2,(H,4,5)(H,6,7). The maximum atomic E-state index is 10.2. The van der Waals surface area contributed by atoms with E-state index < -0.39 is 24.3 Å². The number of carbonyl (C=O) groups is 4. The monoisotopic (exact) mass is 220 g/mol. The highest BCUT2D eigenvalue weighted by Crippen LogP contribution is 1.83. The topological polar surface area (TPSA) is 118 Å². The molecule has 86 valence electrons. The summed E-state index contributed by atoms with van der Waals surface area (Å²) in [6.45, 7) is 1.34. The molecule has 0 atom stereocenters. The molecule has 0 unspecified atom stereocenters. The van der Waals surface area contributed by atoms with Gasteiger partial charge < -0.3 is 14.9 Å². The Morgan fingerprint density at radius 3 is 1.47 bits per heavy atom. The lowest BCUT2D eigenvalue weighted by molar-refractivity contribution is -0.147. The van der Waals surface area contributed by atoms with E-state index >= 15 is 0 Å². The van der Waals surface area contributed by atoms with Crippen LogP contribution in [0.25, 0.3) is 0 Å². The molecule has 0 amide bonds. The van der Waals surface area contributed by atoms with Crippen LogP contribution in [0.4, 0.5) is 0 Å². The molecule has 0 rings (SSSR count). The van der Waals surface area contributed by atoms with Crippen molar-refractivity contribution in [2.24, 2.45) is 0 Å². The summed E-state index contributed by atoms with van der Waals surface area (Å²) in [6.07, 6.45) is -0.920. The maximum absolute atomic E-state index is 10.2. The van der Waals surface area contributed by atoms with Crippen molar-refractivity contribution in [3.63, 3.8) is 0 Å². The summed E-state index contributed by atoms with van der Waals surface area (Å²) in [6, 6.07) is 0. The molecule has 0 aromatic heterocycles. The van der Waals surface area contributed by atoms with Crippen molar-refractivity contribution in [2.45, 2.75) is 19.8 Å². The summed E-state index contributed by atoms with van der Waals surface area (Å²) in [5, 5.41) is 15.4. The molecular formula is C8H12O7. The van der Waals surface area contributed by atoms with Crippen LogP contribution in [-0.2, 0) is 23.9 Å². The minimum Gasteiger partial charge on any atom is -0.481 e. The summed E-state index contributed by atoms with van der Waals surface area (Å²) in [7, 11) is 1.26. The van der Waals surface area contributed by atoms with Gasteiger partial charge in [0.25, 0.3) is 0 Å². The lowest BCUT2D eigenvalue weighted by atomic mass is 10.3. The van der Waals surface area contributed by atoms with Gasteiger partial charge in [-0.2, -0.15) is 0 Å². The summed E-state index contributed by atoms with van der Waals surface area (Å²) < 4.78 is 4.20. The molecule has 0 radical (unpaired) electrons. The number of hydrogen-bond acceptors (Lipinski definition) is 5. The number of carbonyl (C=O) groups excluding carboxylic acids is 2. The minimum atomic E-state index is -1.31. The SMILES string of the molecule is COC(=O)CC(C)=O.O=C(O)CC(=O)O. The number of aliphatic carboxylic acids is 2. The fraction of sp³-hybridized carbons (Fsp3) is 0.500. The van der Waals surface area contributed by atoms with Gasteiger partial charge in [-0.25, -0.2) is 0 Å². The molecule has 0 bridgehead atoms. The fourth-order valence-electron chi connectivity index (χ4n) is 0.405. The molecule has 0 aliphatic heterocycles. The molecule has 7 heteroatoms. The maximum Gasteiger partial charge on any atom is 0.314 e. The van der Waals surface area contributed by atoms with E-state index in [9.17, 15) is 19.2 Å². The van der Waals surface area contributed by atoms with Gasteiger partial charge in [0.15, 0.2) is 0 Å². The fourth-order valence-corrected chi connectivity index (χ4v) is 0.405. The van der Waals surface area contributed by atoms with E-state index in [0.29, 0.717) is 0 Å². The molecule has 0 heterocycles. The van der Waals surface area contributed by atoms with Crippen molar-refractivity contribution in [3.8, 4) is 0 Å². The Morgan fingerprint density at radius 1 is 1.00 bits per heavy atom. The third-order valence-electron chi connectivity index (χ3n) is 0.923. The first-order chi connectivity index (χ1) is 6.79. The number of esters is 1. The number of Topliss-reactive ketones (excluding diaryl/α,β-unsaturated/α-hetero) is 1. The smallest absolute Gasteiger partial charge is 0.314 e. The first-order valence-corrected chi connectivity index (χ1v) is 3.79. The molecule has 0 spiro atoms. The third-order valence-corrected chi connectivity index (χ3v) is 0.923. The van der Waals surface area contributed by atoms with Crippen LogP contribution in [-0.4, -0.2) is 41.0 Å². The van der Waals surface area contributed by atoms with Crippen LogP contribution in [0.5, 0.6) is 0 Å². The van der Waals surface area contributed by atoms with Gasteiger partial charge in [-0.05, 0) is 6.92 Å². The minimum absolute atomic E-state index is 0.115. The Kier molecular flexibility index (Phi) is 8.98. The van der Waals surface area contributed by atoms with E-state index in [-0.39, 0.29) is 12.2 Å². The van der Waals surface area contributed by atoms with Crippen molar-refractivity contribution in [3.05, 3.63) is 0 Å². The zero-order valence-corrected chi connectivity index (χ0v) is 8.35. The lowest BCUT2D eigenvalue weighted by Crippen LogP contribution is -2.05. The van der Waals surface area contributed by atoms with Crippen molar-refractivity contribution < 1.29 is 34.1 Å². The Morgan fingerprint density at radius 2 is 1.40 bits per heavy atom. The lowest BCUT2D eigenvalue weighted by Gasteiger charge is -1.90. The molecule has 0 fully saturated rings. The molecule has 0 saturated carbocycles. The average Bonchev–Trinajstić information content (AvgIpc) is 2.01. The molecular weight excluding hydrogens is 208 g/mol. The largest absolute Gasteiger partial charge is 0.481 e. The van der Waals surface area contributed by atoms with Gasteiger partial charge in [0, 0.05) is 0 Å². The molecule has 0 saturated heterocycles. The van der Waals surface area contributed by atoms with E-state index in [1.165, 1.54) is 14.0 Å². The zero-order valence-electron chi connectivity index (χ0n) is 8.35. The first-order valence-electron chi connectivity index (χ1n) is 3.79. The first kappa shape index (κ1) is 15.5. The van der Waals surface area contributed by atoms with Crippen LogP contribution in [0, 0.1) is 0 Å². The van der Waals surface area contributed by atoms with Gasteiger partial charge in [0.05, 0.1) is 7.11 Å². The van der Waals surface area contributed by atoms with Gasteiger partial charge in [0.2, 0.25) is 0 Å². The predicted octanol–water partition coefficient (Wildman–Crippen LogP) is -0.316. The van der Waals surface area contributed by atoms with Crippen LogP contribution in [0.1, 0.15) is 19.8 Å². The second kappa shape index (κ2) is 8.67. The molecule has 0 aliphatic carbocycles. The van der Waals surface area contributed by atoms with Gasteiger partial charge in [-0.3, -0.25) is 19.2 Å². The Hall–Kier alpha value is -1.92. The highest BCUT2D eigenvalue weighted by molar-refractivity contribution is 5.94. The number of ketones is 1. The van der Waals surface area contributed by atoms with Gasteiger partial charge in [0.1, 0.15) is 18.6 Å². The van der Waals surface area contributed by atoms with Crippen LogP contribution in [0.2, 0.25) is 0 Å². The number of carboxylic acid groups (broad SMARTS) is 2. The number of ether oxygens (including phenoxy) is 1. The summed E-state index contributed by atoms with van der Waals surface area (Å²) in [5.74, 6) is -3.27. The Balaban J connectivity index is 0. The summed E-state index contributed by atoms with van der Waals surface area (Å²) in [5.41, 5.74) is 0. The van der Waals surface area contributed by atoms with E-state index in [1.54, 1.807) is 0 Å². The average molecular weight is 220 g/mol. The highest BCUT2D eigenvalue weighted by atomic mass is 16.5. The number of hydrogen-bond donors (Lipinski definition) is 2. The van der Waals surface area contributed by atoms with E-state index in [2.05, 4.69) is 4.74 Å². The van der Waals surface area contributed by atoms with Crippen LogP contribution < -0.4 is 0 Å². The van der Waals surface area contributed by atoms with Gasteiger partial charge >= 0.3 is 17.9 Å². The molecule has 7 nitrogen and oxygen atoms in total. The molecule has 0 aromatic rings. The van der Waals surface area contributed by atoms with Crippen LogP contribution in [0.3, 0.4) is 0 Å². The van der Waals surface area contributed by atoms with Crippen LogP contribution >= 0.6 is 0 Å². The van der Waals surface area contributed by atoms with Gasteiger partial charge in [-0.1, -0.05) is 0 Å². The Labute approximate surface area is 85.6 Å². The van der Waals surface area contributed by atoms with Crippen molar-refractivity contribution in [1.82, 2.24) is 0 Å². The van der Waals surface area contributed by atoms with E-state index in [1.807, 2.05) is 0 Å². The third kappa shape index (κ3) is 18.8. The molecule has 15 heavy (non-hydrogen) atoms. The van der Waals surface area contributed by atoms with Crippen molar-refractivity contribution >= 4 is 23.7 Å². The number of carboxylic acids is 2. The quantitative estimate of drug-likeness (QED) is 0.492. The second-order valence-electron chi connectivity index (χ2n) is 2.42. The molecule has 0 aromatic carbocycles. The van der Waals surface area contributed by atoms with E-state index in [4.69, 9.17) is 10.2 Å². The molecule has 2 N–H and O–H groups in total. The van der Waals surface area contributed by atoms with Gasteiger partial charge in [-0.15, -0.1) is 0 Å². The second-order valence-corrected chi connectivity index (χ2v) is 2.42. The Bertz CT molecular complexity index is 244. The zero-order chi connectivity index (χ0) is 12.4. The summed E-state index contributed by atoms with van der Waals surface area (Å²) >= 11 is 0. The highest BCUT2D eigenvalue weighted by Gasteiger charge is 2.02.